The maximum atomic E-state index is 12.8. The number of halogens is 3. The molecule has 10 heteroatoms. The molecule has 0 bridgehead atoms. The van der Waals surface area contributed by atoms with Gasteiger partial charge >= 0.3 is 6.18 Å². The highest BCUT2D eigenvalue weighted by atomic mass is 19.4. The highest BCUT2D eigenvalue weighted by molar-refractivity contribution is 6.04. The molecular formula is C23H24F3N5O2. The fourth-order valence-corrected chi connectivity index (χ4v) is 4.17. The number of anilines is 1. The molecule has 1 fully saturated rings. The van der Waals surface area contributed by atoms with Crippen LogP contribution in [-0.4, -0.2) is 36.9 Å². The molecule has 174 valence electrons. The van der Waals surface area contributed by atoms with Gasteiger partial charge in [-0.05, 0) is 63.3 Å². The number of carbonyl (C=O) groups excluding carboxylic acids is 1. The predicted molar refractivity (Wildman–Crippen MR) is 115 cm³/mol. The second kappa shape index (κ2) is 8.93. The summed E-state index contributed by atoms with van der Waals surface area (Å²) in [7, 11) is 0. The topological polar surface area (TPSA) is 92.9 Å². The number of aryl methyl sites for hydroxylation is 1. The Hall–Kier alpha value is -3.27. The Morgan fingerprint density at radius 2 is 1.82 bits per heavy atom. The SMILES string of the molecule is Cc1cc(NC(=O)c2cnn(-c3ccc(C(F)(F)F)cn3)c2C)cnc1[C@H]1CC[C@@H](O)CC1. The summed E-state index contributed by atoms with van der Waals surface area (Å²) in [5.74, 6) is 0.0780. The number of amides is 1. The van der Waals surface area contributed by atoms with E-state index in [0.717, 1.165) is 49.2 Å². The van der Waals surface area contributed by atoms with Crippen molar-refractivity contribution in [2.75, 3.05) is 5.32 Å². The number of aliphatic hydroxyl groups is 1. The summed E-state index contributed by atoms with van der Waals surface area (Å²) >= 11 is 0. The van der Waals surface area contributed by atoms with Gasteiger partial charge in [0.25, 0.3) is 5.91 Å². The van der Waals surface area contributed by atoms with Gasteiger partial charge in [0.1, 0.15) is 0 Å². The summed E-state index contributed by atoms with van der Waals surface area (Å²) in [6.07, 6.45) is 2.29. The minimum absolute atomic E-state index is 0.180. The fourth-order valence-electron chi connectivity index (χ4n) is 4.17. The van der Waals surface area contributed by atoms with Crippen molar-refractivity contribution in [2.45, 2.75) is 57.7 Å². The van der Waals surface area contributed by atoms with Crippen molar-refractivity contribution in [3.8, 4) is 5.82 Å². The Balaban J connectivity index is 1.48. The molecule has 33 heavy (non-hydrogen) atoms. The van der Waals surface area contributed by atoms with Crippen LogP contribution in [0.25, 0.3) is 5.82 Å². The lowest BCUT2D eigenvalue weighted by Gasteiger charge is -2.26. The van der Waals surface area contributed by atoms with Crippen LogP contribution in [-0.2, 0) is 6.18 Å². The molecule has 1 amide bonds. The standard InChI is InChI=1S/C23H24F3N5O2/c1-13-9-17(11-28-21(13)15-3-6-18(32)7-4-15)30-22(33)19-12-29-31(14(19)2)20-8-5-16(10-27-20)23(24,25)26/h5,8-12,15,18,32H,3-4,6-7H2,1-2H3,(H,30,33)/t15-,18+. The van der Waals surface area contributed by atoms with Crippen LogP contribution in [0.5, 0.6) is 0 Å². The molecule has 7 nitrogen and oxygen atoms in total. The zero-order valence-electron chi connectivity index (χ0n) is 18.2. The first-order valence-electron chi connectivity index (χ1n) is 10.7. The summed E-state index contributed by atoms with van der Waals surface area (Å²) in [6.45, 7) is 3.59. The summed E-state index contributed by atoms with van der Waals surface area (Å²) in [4.78, 5) is 21.2. The van der Waals surface area contributed by atoms with E-state index < -0.39 is 17.6 Å². The van der Waals surface area contributed by atoms with E-state index in [1.165, 1.54) is 16.9 Å². The first-order chi connectivity index (χ1) is 15.6. The molecule has 2 N–H and O–H groups in total. The molecule has 0 radical (unpaired) electrons. The van der Waals surface area contributed by atoms with Crippen molar-refractivity contribution in [1.29, 1.82) is 0 Å². The first-order valence-corrected chi connectivity index (χ1v) is 10.7. The number of carbonyl (C=O) groups is 1. The lowest BCUT2D eigenvalue weighted by atomic mass is 9.84. The predicted octanol–water partition coefficient (Wildman–Crippen LogP) is 4.57. The van der Waals surface area contributed by atoms with Gasteiger partial charge in [0, 0.05) is 17.8 Å². The lowest BCUT2D eigenvalue weighted by Crippen LogP contribution is -2.19. The van der Waals surface area contributed by atoms with Gasteiger partial charge in [-0.15, -0.1) is 0 Å². The molecule has 3 aromatic heterocycles. The smallest absolute Gasteiger partial charge is 0.393 e. The van der Waals surface area contributed by atoms with E-state index in [1.54, 1.807) is 13.1 Å². The van der Waals surface area contributed by atoms with Crippen LogP contribution in [0.4, 0.5) is 18.9 Å². The van der Waals surface area contributed by atoms with Gasteiger partial charge < -0.3 is 10.4 Å². The molecule has 0 atom stereocenters. The van der Waals surface area contributed by atoms with Crippen LogP contribution in [0.2, 0.25) is 0 Å². The molecule has 0 unspecified atom stereocenters. The van der Waals surface area contributed by atoms with E-state index in [1.807, 2.05) is 13.0 Å². The Labute approximate surface area is 188 Å². The Morgan fingerprint density at radius 1 is 1.09 bits per heavy atom. The number of pyridine rings is 2. The third kappa shape index (κ3) is 4.90. The molecule has 1 aliphatic carbocycles. The molecule has 0 aliphatic heterocycles. The molecule has 1 aliphatic rings. The minimum Gasteiger partial charge on any atom is -0.393 e. The van der Waals surface area contributed by atoms with Gasteiger partial charge in [-0.2, -0.15) is 18.3 Å². The van der Waals surface area contributed by atoms with Crippen molar-refractivity contribution in [2.24, 2.45) is 0 Å². The van der Waals surface area contributed by atoms with Gasteiger partial charge in [-0.1, -0.05) is 0 Å². The number of alkyl halides is 3. The first kappa shape index (κ1) is 22.9. The van der Waals surface area contributed by atoms with Crippen LogP contribution in [0.15, 0.2) is 36.8 Å². The Kier molecular flexibility index (Phi) is 6.20. The largest absolute Gasteiger partial charge is 0.417 e. The fraction of sp³-hybridized carbons (Fsp3) is 0.391. The van der Waals surface area contributed by atoms with E-state index >= 15 is 0 Å². The third-order valence-electron chi connectivity index (χ3n) is 6.01. The number of aliphatic hydroxyl groups excluding tert-OH is 1. The van der Waals surface area contributed by atoms with E-state index in [-0.39, 0.29) is 17.5 Å². The van der Waals surface area contributed by atoms with Crippen LogP contribution in [0.1, 0.15) is 64.5 Å². The number of rotatable bonds is 4. The summed E-state index contributed by atoms with van der Waals surface area (Å²) in [6, 6.07) is 4.00. The zero-order chi connectivity index (χ0) is 23.8. The van der Waals surface area contributed by atoms with Crippen molar-refractivity contribution in [3.05, 3.63) is 64.9 Å². The molecule has 0 saturated heterocycles. The molecule has 3 aromatic rings. The van der Waals surface area contributed by atoms with Crippen LogP contribution in [0.3, 0.4) is 0 Å². The second-order valence-corrected chi connectivity index (χ2v) is 8.34. The average molecular weight is 459 g/mol. The Morgan fingerprint density at radius 3 is 2.42 bits per heavy atom. The average Bonchev–Trinajstić information content (AvgIpc) is 3.15. The normalized spacial score (nSPS) is 18.8. The number of nitrogens with zero attached hydrogens (tertiary/aromatic N) is 4. The molecular weight excluding hydrogens is 435 g/mol. The van der Waals surface area contributed by atoms with E-state index in [0.29, 0.717) is 17.3 Å². The van der Waals surface area contributed by atoms with E-state index in [9.17, 15) is 23.1 Å². The van der Waals surface area contributed by atoms with Crippen LogP contribution in [0, 0.1) is 13.8 Å². The molecule has 1 saturated carbocycles. The Bertz CT molecular complexity index is 1150. The molecule has 0 spiro atoms. The van der Waals surface area contributed by atoms with E-state index in [4.69, 9.17) is 0 Å². The number of nitrogens with one attached hydrogen (secondary N) is 1. The maximum Gasteiger partial charge on any atom is 0.417 e. The van der Waals surface area contributed by atoms with E-state index in [2.05, 4.69) is 20.4 Å². The van der Waals surface area contributed by atoms with Gasteiger partial charge in [0.05, 0.1) is 41.0 Å². The third-order valence-corrected chi connectivity index (χ3v) is 6.01. The van der Waals surface area contributed by atoms with Crippen molar-refractivity contribution in [3.63, 3.8) is 0 Å². The van der Waals surface area contributed by atoms with Gasteiger partial charge in [-0.25, -0.2) is 9.67 Å². The molecule has 4 rings (SSSR count). The number of hydrogen-bond donors (Lipinski definition) is 2. The van der Waals surface area contributed by atoms with Crippen LogP contribution < -0.4 is 5.32 Å². The van der Waals surface area contributed by atoms with Crippen molar-refractivity contribution < 1.29 is 23.1 Å². The zero-order valence-corrected chi connectivity index (χ0v) is 18.2. The van der Waals surface area contributed by atoms with Crippen molar-refractivity contribution in [1.82, 2.24) is 19.7 Å². The number of hydrogen-bond acceptors (Lipinski definition) is 5. The lowest BCUT2D eigenvalue weighted by molar-refractivity contribution is -0.137. The molecule has 3 heterocycles. The van der Waals surface area contributed by atoms with Gasteiger partial charge in [0.15, 0.2) is 5.82 Å². The minimum atomic E-state index is -4.48. The molecule has 0 aromatic carbocycles. The van der Waals surface area contributed by atoms with Gasteiger partial charge in [0.2, 0.25) is 0 Å². The number of aromatic nitrogens is 4. The monoisotopic (exact) mass is 459 g/mol. The summed E-state index contributed by atoms with van der Waals surface area (Å²) in [5.41, 5.74) is 2.36. The maximum absolute atomic E-state index is 12.8. The van der Waals surface area contributed by atoms with Gasteiger partial charge in [-0.3, -0.25) is 9.78 Å². The quantitative estimate of drug-likeness (QED) is 0.596. The highest BCUT2D eigenvalue weighted by Gasteiger charge is 2.31. The summed E-state index contributed by atoms with van der Waals surface area (Å²) < 4.78 is 39.6. The second-order valence-electron chi connectivity index (χ2n) is 8.34. The van der Waals surface area contributed by atoms with Crippen LogP contribution >= 0.6 is 0 Å². The van der Waals surface area contributed by atoms with Crippen molar-refractivity contribution >= 4 is 11.6 Å². The highest BCUT2D eigenvalue weighted by Crippen LogP contribution is 2.34. The summed E-state index contributed by atoms with van der Waals surface area (Å²) in [5, 5.41) is 16.6.